The summed E-state index contributed by atoms with van der Waals surface area (Å²) in [6.07, 6.45) is 2.17. The first kappa shape index (κ1) is 24.8. The minimum Gasteiger partial charge on any atom is -0.461 e. The molecule has 2 rings (SSSR count). The summed E-state index contributed by atoms with van der Waals surface area (Å²) < 4.78 is 5.20. The summed E-state index contributed by atoms with van der Waals surface area (Å²) in [5.74, 6) is -2.08. The van der Waals surface area contributed by atoms with Gasteiger partial charge in [0.25, 0.3) is 0 Å². The van der Waals surface area contributed by atoms with Gasteiger partial charge in [-0.25, -0.2) is 4.79 Å². The highest BCUT2D eigenvalue weighted by Gasteiger charge is 2.28. The second-order valence-corrected chi connectivity index (χ2v) is 8.02. The number of ether oxygens (including phenoxy) is 1. The first-order valence-electron chi connectivity index (χ1n) is 10.5. The lowest BCUT2D eigenvalue weighted by atomic mass is 10.0. The summed E-state index contributed by atoms with van der Waals surface area (Å²) in [4.78, 5) is 51.9. The van der Waals surface area contributed by atoms with E-state index in [4.69, 9.17) is 10.1 Å². The molecule has 2 atom stereocenters. The van der Waals surface area contributed by atoms with Crippen molar-refractivity contribution in [3.63, 3.8) is 0 Å². The lowest BCUT2D eigenvalue weighted by Gasteiger charge is -2.23. The molecule has 32 heavy (non-hydrogen) atoms. The van der Waals surface area contributed by atoms with Gasteiger partial charge < -0.3 is 25.8 Å². The number of hydrogen-bond acceptors (Lipinski definition) is 6. The molecule has 1 aromatic heterocycles. The van der Waals surface area contributed by atoms with Crippen molar-refractivity contribution < 1.29 is 23.9 Å². The Morgan fingerprint density at radius 3 is 2.50 bits per heavy atom. The topological polar surface area (TPSA) is 141 Å². The van der Waals surface area contributed by atoms with E-state index in [2.05, 4.69) is 15.6 Å². The van der Waals surface area contributed by atoms with Crippen molar-refractivity contribution in [2.75, 3.05) is 0 Å². The van der Waals surface area contributed by atoms with Crippen molar-refractivity contribution in [2.45, 2.75) is 65.1 Å². The van der Waals surface area contributed by atoms with Crippen LogP contribution >= 0.6 is 0 Å². The van der Waals surface area contributed by atoms with E-state index >= 15 is 0 Å². The molecule has 1 heterocycles. The number of fused-ring (bicyclic) bond motifs is 1. The fourth-order valence-corrected chi connectivity index (χ4v) is 3.34. The minimum atomic E-state index is -1.07. The molecule has 9 nitrogen and oxygen atoms in total. The van der Waals surface area contributed by atoms with Crippen molar-refractivity contribution in [1.82, 2.24) is 15.6 Å². The Kier molecular flexibility index (Phi) is 8.69. The number of Topliss-reactive ketones (excluding diaryl/α,β-unsaturated/α-hetero) is 1. The first-order chi connectivity index (χ1) is 15.1. The molecule has 0 radical (unpaired) electrons. The number of amides is 2. The van der Waals surface area contributed by atoms with Crippen molar-refractivity contribution >= 4 is 40.7 Å². The number of carbonyl (C=O) groups excluding carboxylic acids is 4. The number of rotatable bonds is 11. The number of nitrogens with one attached hydrogen (secondary N) is 4. The summed E-state index contributed by atoms with van der Waals surface area (Å²) >= 11 is 0. The van der Waals surface area contributed by atoms with Gasteiger partial charge in [-0.15, -0.1) is 0 Å². The van der Waals surface area contributed by atoms with Crippen molar-refractivity contribution in [3.8, 4) is 0 Å². The Morgan fingerprint density at radius 1 is 1.16 bits per heavy atom. The largest absolute Gasteiger partial charge is 0.461 e. The van der Waals surface area contributed by atoms with E-state index in [0.717, 1.165) is 22.0 Å². The maximum atomic E-state index is 13.0. The SMILES string of the molecule is CC(=O)N[C@@H](Cc1c[nH]c2cc(C)ccc12)C(=O)N[C@@H](CCC(=O)C=N)C(=O)OC(C)C. The average molecular weight is 443 g/mol. The maximum Gasteiger partial charge on any atom is 0.328 e. The number of aryl methyl sites for hydroxylation is 1. The predicted molar refractivity (Wildman–Crippen MR) is 121 cm³/mol. The Bertz CT molecular complexity index is 1010. The molecule has 9 heteroatoms. The number of benzene rings is 1. The lowest BCUT2D eigenvalue weighted by Crippen LogP contribution is -2.52. The zero-order valence-electron chi connectivity index (χ0n) is 18.8. The quantitative estimate of drug-likeness (QED) is 0.311. The molecule has 0 spiro atoms. The smallest absolute Gasteiger partial charge is 0.328 e. The van der Waals surface area contributed by atoms with Crippen LogP contribution in [0.2, 0.25) is 0 Å². The van der Waals surface area contributed by atoms with Gasteiger partial charge >= 0.3 is 5.97 Å². The van der Waals surface area contributed by atoms with E-state index in [0.29, 0.717) is 6.21 Å². The molecule has 0 saturated carbocycles. The van der Waals surface area contributed by atoms with Gasteiger partial charge in [-0.1, -0.05) is 12.1 Å². The normalized spacial score (nSPS) is 12.8. The van der Waals surface area contributed by atoms with Gasteiger partial charge in [-0.2, -0.15) is 0 Å². The third-order valence-corrected chi connectivity index (χ3v) is 4.83. The van der Waals surface area contributed by atoms with Gasteiger partial charge in [0.15, 0.2) is 5.78 Å². The number of aromatic amines is 1. The average Bonchev–Trinajstić information content (AvgIpc) is 3.10. The van der Waals surface area contributed by atoms with Gasteiger partial charge in [0.1, 0.15) is 12.1 Å². The first-order valence-corrected chi connectivity index (χ1v) is 10.5. The number of carbonyl (C=O) groups is 4. The summed E-state index contributed by atoms with van der Waals surface area (Å²) in [6.45, 7) is 6.65. The number of ketones is 1. The van der Waals surface area contributed by atoms with Gasteiger partial charge in [0, 0.05) is 36.9 Å². The van der Waals surface area contributed by atoms with Crippen LogP contribution in [-0.4, -0.2) is 53.0 Å². The van der Waals surface area contributed by atoms with E-state index in [-0.39, 0.29) is 25.2 Å². The molecule has 0 saturated heterocycles. The summed E-state index contributed by atoms with van der Waals surface area (Å²) in [5, 5.41) is 13.2. The standard InChI is InChI=1S/C23H30N4O5/c1-13(2)32-23(31)19(8-6-17(29)11-24)27-22(30)21(26-15(4)28)10-16-12-25-20-9-14(3)5-7-18(16)20/h5,7,9,11-13,19,21,24-25H,6,8,10H2,1-4H3,(H,26,28)(H,27,30)/t19-,21-/m0/s1. The van der Waals surface area contributed by atoms with Crippen LogP contribution in [0.4, 0.5) is 0 Å². The molecule has 0 aliphatic carbocycles. The number of esters is 1. The molecular formula is C23H30N4O5. The van der Waals surface area contributed by atoms with E-state index < -0.39 is 35.8 Å². The van der Waals surface area contributed by atoms with E-state index in [1.54, 1.807) is 20.0 Å². The van der Waals surface area contributed by atoms with Gasteiger partial charge in [0.05, 0.1) is 12.3 Å². The van der Waals surface area contributed by atoms with E-state index in [1.807, 2.05) is 25.1 Å². The Balaban J connectivity index is 2.22. The van der Waals surface area contributed by atoms with Crippen LogP contribution in [0.3, 0.4) is 0 Å². The number of aromatic nitrogens is 1. The zero-order valence-corrected chi connectivity index (χ0v) is 18.8. The summed E-state index contributed by atoms with van der Waals surface area (Å²) in [5.41, 5.74) is 2.85. The van der Waals surface area contributed by atoms with Crippen LogP contribution in [-0.2, 0) is 30.3 Å². The molecule has 1 aromatic carbocycles. The van der Waals surface area contributed by atoms with Crippen molar-refractivity contribution in [1.29, 1.82) is 5.41 Å². The zero-order chi connectivity index (χ0) is 23.8. The fourth-order valence-electron chi connectivity index (χ4n) is 3.34. The number of H-pyrrole nitrogens is 1. The fraction of sp³-hybridized carbons (Fsp3) is 0.435. The van der Waals surface area contributed by atoms with Crippen LogP contribution < -0.4 is 10.6 Å². The molecule has 0 fully saturated rings. The van der Waals surface area contributed by atoms with Crippen LogP contribution in [0.15, 0.2) is 24.4 Å². The van der Waals surface area contributed by atoms with Crippen molar-refractivity contribution in [2.24, 2.45) is 0 Å². The second-order valence-electron chi connectivity index (χ2n) is 8.02. The molecule has 172 valence electrons. The van der Waals surface area contributed by atoms with Crippen molar-refractivity contribution in [3.05, 3.63) is 35.5 Å². The third-order valence-electron chi connectivity index (χ3n) is 4.83. The minimum absolute atomic E-state index is 0.00927. The van der Waals surface area contributed by atoms with Gasteiger partial charge in [-0.3, -0.25) is 14.4 Å². The third kappa shape index (κ3) is 7.04. The summed E-state index contributed by atoms with van der Waals surface area (Å²) in [7, 11) is 0. The maximum absolute atomic E-state index is 13.0. The van der Waals surface area contributed by atoms with Gasteiger partial charge in [-0.05, 0) is 44.4 Å². The highest BCUT2D eigenvalue weighted by Crippen LogP contribution is 2.21. The predicted octanol–water partition coefficient (Wildman–Crippen LogP) is 1.96. The van der Waals surface area contributed by atoms with E-state index in [1.165, 1.54) is 6.92 Å². The Hall–Kier alpha value is -3.49. The van der Waals surface area contributed by atoms with Gasteiger partial charge in [0.2, 0.25) is 11.8 Å². The molecular weight excluding hydrogens is 412 g/mol. The second kappa shape index (κ2) is 11.2. The molecule has 2 aromatic rings. The Morgan fingerprint density at radius 2 is 1.88 bits per heavy atom. The number of hydrogen-bond donors (Lipinski definition) is 4. The monoisotopic (exact) mass is 442 g/mol. The molecule has 0 aliphatic rings. The molecule has 0 bridgehead atoms. The van der Waals surface area contributed by atoms with Crippen LogP contribution in [0, 0.1) is 12.3 Å². The molecule has 2 amide bonds. The summed E-state index contributed by atoms with van der Waals surface area (Å²) in [6, 6.07) is 3.90. The molecule has 0 aliphatic heterocycles. The molecule has 4 N–H and O–H groups in total. The Labute approximate surface area is 186 Å². The molecule has 0 unspecified atom stereocenters. The van der Waals surface area contributed by atoms with Crippen LogP contribution in [0.1, 0.15) is 44.7 Å². The van der Waals surface area contributed by atoms with Crippen LogP contribution in [0.25, 0.3) is 10.9 Å². The highest BCUT2D eigenvalue weighted by atomic mass is 16.5. The van der Waals surface area contributed by atoms with Crippen LogP contribution in [0.5, 0.6) is 0 Å². The lowest BCUT2D eigenvalue weighted by molar-refractivity contribution is -0.151. The van der Waals surface area contributed by atoms with E-state index in [9.17, 15) is 19.2 Å². The highest BCUT2D eigenvalue weighted by molar-refractivity contribution is 6.26.